The molecule has 2 aromatic carbocycles. The number of aliphatic hydroxyl groups is 1. The summed E-state index contributed by atoms with van der Waals surface area (Å²) in [7, 11) is 1.69. The molecule has 3 fully saturated rings. The highest BCUT2D eigenvalue weighted by Gasteiger charge is 2.76. The Hall–Kier alpha value is -4.28. The zero-order valence-electron chi connectivity index (χ0n) is 31.5. The van der Waals surface area contributed by atoms with E-state index in [1.165, 1.54) is 4.90 Å². The highest BCUT2D eigenvalue weighted by atomic mass is 16.6. The fraction of sp³-hybridized carbons (Fsp3) is 0.524. The lowest BCUT2D eigenvalue weighted by molar-refractivity contribution is -0.165. The first-order chi connectivity index (χ1) is 24.9. The van der Waals surface area contributed by atoms with E-state index in [1.807, 2.05) is 83.1 Å². The number of anilines is 1. The number of carbonyl (C=O) groups excluding carboxylic acids is 4. The molecule has 1 spiro atoms. The van der Waals surface area contributed by atoms with Crippen LogP contribution in [0.15, 0.2) is 73.8 Å². The number of fused-ring (bicyclic) bond motifs is 1. The number of likely N-dealkylation sites (N-methyl/N-ethyl adjacent to an activating group) is 1. The molecule has 5 rings (SSSR count). The van der Waals surface area contributed by atoms with Gasteiger partial charge in [0.1, 0.15) is 17.7 Å². The first-order valence-electron chi connectivity index (χ1n) is 18.6. The molecule has 280 valence electrons. The maximum Gasteiger partial charge on any atom is 0.313 e. The molecular formula is C42H55N3O7. The third-order valence-corrected chi connectivity index (χ3v) is 11.8. The highest BCUT2D eigenvalue weighted by Crippen LogP contribution is 2.60. The Morgan fingerprint density at radius 3 is 2.35 bits per heavy atom. The number of nitrogens with zero attached hydrogens (tertiary/aromatic N) is 3. The van der Waals surface area contributed by atoms with Gasteiger partial charge >= 0.3 is 5.97 Å². The maximum absolute atomic E-state index is 15.2. The quantitative estimate of drug-likeness (QED) is 0.175. The Kier molecular flexibility index (Phi) is 12.1. The molecule has 1 N–H and O–H groups in total. The van der Waals surface area contributed by atoms with Crippen molar-refractivity contribution in [3.05, 3.63) is 90.5 Å². The molecule has 3 heterocycles. The SMILES string of the molecule is C=CCCC(=O)N(C)[C@@H](C)[C@@H](OC(=O)[C@@H]1[C@H]2C(=O)N([C@@H](CO)[C@@H](C)CC)[C@H](C(=O)N(CC=C)c3c(C)cccc3C)[C@]23CC[C@H]1O3)c1ccccc1. The molecule has 9 atom stereocenters. The molecule has 3 aliphatic rings. The Labute approximate surface area is 308 Å². The monoisotopic (exact) mass is 713 g/mol. The average molecular weight is 714 g/mol. The minimum atomic E-state index is -1.30. The van der Waals surface area contributed by atoms with Gasteiger partial charge in [0.2, 0.25) is 11.8 Å². The van der Waals surface area contributed by atoms with Crippen LogP contribution in [-0.2, 0) is 28.7 Å². The van der Waals surface area contributed by atoms with E-state index in [-0.39, 0.29) is 43.2 Å². The van der Waals surface area contributed by atoms with Crippen molar-refractivity contribution in [2.75, 3.05) is 25.1 Å². The standard InChI is InChI=1S/C42H55N3O7/c1-9-12-21-33(47)43(8)29(7)37(30-19-14-13-15-20-30)51-41(50)34-32-22-23-42(52-32)35(34)39(48)45(31(25-46)26(4)11-3)38(42)40(49)44(24-10-2)36-27(5)17-16-18-28(36)6/h9-10,13-20,26,29,31-32,34-35,37-38,46H,1-2,11-12,21-25H2,3-8H3/t26-,29-,31-,32+,34-,35-,37+,38+,42-/m0/s1. The van der Waals surface area contributed by atoms with Gasteiger partial charge in [-0.3, -0.25) is 19.2 Å². The van der Waals surface area contributed by atoms with Gasteiger partial charge in [-0.15, -0.1) is 13.2 Å². The van der Waals surface area contributed by atoms with Crippen molar-refractivity contribution >= 4 is 29.4 Å². The van der Waals surface area contributed by atoms with E-state index >= 15 is 4.79 Å². The van der Waals surface area contributed by atoms with Crippen molar-refractivity contribution < 1.29 is 33.8 Å². The number of hydrogen-bond donors (Lipinski definition) is 1. The summed E-state index contributed by atoms with van der Waals surface area (Å²) in [6.45, 7) is 17.2. The molecular weight excluding hydrogens is 658 g/mol. The predicted molar refractivity (Wildman–Crippen MR) is 200 cm³/mol. The van der Waals surface area contributed by atoms with E-state index < -0.39 is 53.7 Å². The number of rotatable bonds is 16. The number of allylic oxidation sites excluding steroid dienone is 1. The number of benzene rings is 2. The molecule has 2 bridgehead atoms. The van der Waals surface area contributed by atoms with Crippen molar-refractivity contribution in [3.8, 4) is 0 Å². The van der Waals surface area contributed by atoms with Gasteiger partial charge in [0.15, 0.2) is 0 Å². The molecule has 0 radical (unpaired) electrons. The van der Waals surface area contributed by atoms with Crippen LogP contribution in [0.3, 0.4) is 0 Å². The molecule has 0 unspecified atom stereocenters. The van der Waals surface area contributed by atoms with Gasteiger partial charge in [-0.05, 0) is 62.6 Å². The largest absolute Gasteiger partial charge is 0.455 e. The molecule has 3 aliphatic heterocycles. The smallest absolute Gasteiger partial charge is 0.313 e. The molecule has 0 saturated carbocycles. The summed E-state index contributed by atoms with van der Waals surface area (Å²) in [6, 6.07) is 12.8. The van der Waals surface area contributed by atoms with Crippen LogP contribution >= 0.6 is 0 Å². The molecule has 3 amide bonds. The Balaban J connectivity index is 1.56. The van der Waals surface area contributed by atoms with E-state index in [4.69, 9.17) is 9.47 Å². The van der Waals surface area contributed by atoms with Gasteiger partial charge in [0.25, 0.3) is 5.91 Å². The van der Waals surface area contributed by atoms with Gasteiger partial charge < -0.3 is 29.3 Å². The lowest BCUT2D eigenvalue weighted by atomic mass is 9.70. The summed E-state index contributed by atoms with van der Waals surface area (Å²) in [4.78, 5) is 62.5. The maximum atomic E-state index is 15.2. The fourth-order valence-corrected chi connectivity index (χ4v) is 8.73. The van der Waals surface area contributed by atoms with Crippen molar-refractivity contribution in [1.82, 2.24) is 9.80 Å². The van der Waals surface area contributed by atoms with E-state index in [2.05, 4.69) is 13.2 Å². The van der Waals surface area contributed by atoms with Crippen LogP contribution in [0, 0.1) is 31.6 Å². The average Bonchev–Trinajstić information content (AvgIpc) is 3.79. The second-order valence-electron chi connectivity index (χ2n) is 14.8. The van der Waals surface area contributed by atoms with E-state index in [0.717, 1.165) is 16.8 Å². The minimum Gasteiger partial charge on any atom is -0.455 e. The highest BCUT2D eigenvalue weighted by molar-refractivity contribution is 6.05. The summed E-state index contributed by atoms with van der Waals surface area (Å²) >= 11 is 0. The van der Waals surface area contributed by atoms with Gasteiger partial charge in [-0.25, -0.2) is 0 Å². The first kappa shape index (κ1) is 38.9. The van der Waals surface area contributed by atoms with Crippen LogP contribution in [0.5, 0.6) is 0 Å². The van der Waals surface area contributed by atoms with Crippen molar-refractivity contribution in [2.24, 2.45) is 17.8 Å². The molecule has 3 saturated heterocycles. The third-order valence-electron chi connectivity index (χ3n) is 11.8. The second kappa shape index (κ2) is 16.2. The molecule has 52 heavy (non-hydrogen) atoms. The number of likely N-dealkylation sites (tertiary alicyclic amines) is 1. The van der Waals surface area contributed by atoms with Gasteiger partial charge in [0.05, 0.1) is 36.6 Å². The molecule has 0 aliphatic carbocycles. The van der Waals surface area contributed by atoms with Crippen molar-refractivity contribution in [2.45, 2.75) is 103 Å². The zero-order valence-corrected chi connectivity index (χ0v) is 31.5. The van der Waals surface area contributed by atoms with Crippen LogP contribution in [0.25, 0.3) is 0 Å². The van der Waals surface area contributed by atoms with E-state index in [9.17, 15) is 19.5 Å². The van der Waals surface area contributed by atoms with Crippen LogP contribution in [0.1, 0.15) is 75.7 Å². The number of carbonyl (C=O) groups is 4. The summed E-state index contributed by atoms with van der Waals surface area (Å²) < 4.78 is 13.1. The first-order valence-corrected chi connectivity index (χ1v) is 18.6. The fourth-order valence-electron chi connectivity index (χ4n) is 8.73. The summed E-state index contributed by atoms with van der Waals surface area (Å²) in [5.74, 6) is -3.55. The summed E-state index contributed by atoms with van der Waals surface area (Å²) in [5, 5.41) is 10.8. The zero-order chi connectivity index (χ0) is 37.9. The third kappa shape index (κ3) is 6.83. The molecule has 2 aromatic rings. The second-order valence-corrected chi connectivity index (χ2v) is 14.8. The van der Waals surface area contributed by atoms with Crippen molar-refractivity contribution in [3.63, 3.8) is 0 Å². The molecule has 0 aromatic heterocycles. The molecule has 10 nitrogen and oxygen atoms in total. The Morgan fingerprint density at radius 1 is 1.08 bits per heavy atom. The van der Waals surface area contributed by atoms with Crippen molar-refractivity contribution in [1.29, 1.82) is 0 Å². The van der Waals surface area contributed by atoms with E-state index in [0.29, 0.717) is 31.2 Å². The minimum absolute atomic E-state index is 0.109. The number of esters is 1. The van der Waals surface area contributed by atoms with Crippen LogP contribution in [-0.4, -0.2) is 88.6 Å². The lowest BCUT2D eigenvalue weighted by Crippen LogP contribution is -2.60. The van der Waals surface area contributed by atoms with Crippen LogP contribution in [0.4, 0.5) is 5.69 Å². The Morgan fingerprint density at radius 2 is 1.75 bits per heavy atom. The molecule has 10 heteroatoms. The van der Waals surface area contributed by atoms with E-state index in [1.54, 1.807) is 29.0 Å². The van der Waals surface area contributed by atoms with Gasteiger partial charge in [-0.2, -0.15) is 0 Å². The van der Waals surface area contributed by atoms with Gasteiger partial charge in [0, 0.05) is 25.7 Å². The number of para-hydroxylation sites is 1. The predicted octanol–water partition coefficient (Wildman–Crippen LogP) is 5.70. The number of amides is 3. The number of ether oxygens (including phenoxy) is 2. The Bertz CT molecular complexity index is 1640. The number of aliphatic hydroxyl groups excluding tert-OH is 1. The lowest BCUT2D eigenvalue weighted by Gasteiger charge is -2.41. The summed E-state index contributed by atoms with van der Waals surface area (Å²) in [5.41, 5.74) is 1.94. The van der Waals surface area contributed by atoms with Crippen LogP contribution in [0.2, 0.25) is 0 Å². The number of aryl methyl sites for hydroxylation is 2. The number of hydrogen-bond acceptors (Lipinski definition) is 7. The van der Waals surface area contributed by atoms with Crippen LogP contribution < -0.4 is 4.90 Å². The summed E-state index contributed by atoms with van der Waals surface area (Å²) in [6.07, 6.45) is 4.20. The van der Waals surface area contributed by atoms with Gasteiger partial charge in [-0.1, -0.05) is 81.0 Å². The normalized spacial score (nSPS) is 25.5. The topological polar surface area (TPSA) is 117 Å².